The van der Waals surface area contributed by atoms with Gasteiger partial charge in [0.2, 0.25) is 0 Å². The van der Waals surface area contributed by atoms with Crippen LogP contribution in [0.5, 0.6) is 0 Å². The van der Waals surface area contributed by atoms with Crippen molar-refractivity contribution in [1.82, 2.24) is 4.90 Å². The third kappa shape index (κ3) is 3.32. The molecule has 1 aromatic carbocycles. The van der Waals surface area contributed by atoms with Gasteiger partial charge in [-0.15, -0.1) is 0 Å². The summed E-state index contributed by atoms with van der Waals surface area (Å²) in [4.78, 5) is 12.5. The van der Waals surface area contributed by atoms with Crippen LogP contribution in [0, 0.1) is 5.41 Å². The van der Waals surface area contributed by atoms with E-state index in [0.717, 1.165) is 10.5 Å². The predicted molar refractivity (Wildman–Crippen MR) is 70.1 cm³/mol. The highest BCUT2D eigenvalue weighted by molar-refractivity contribution is 5.82. The van der Waals surface area contributed by atoms with Crippen LogP contribution in [-0.2, 0) is 11.2 Å². The zero-order valence-corrected chi connectivity index (χ0v) is 11.6. The Morgan fingerprint density at radius 1 is 1.30 bits per heavy atom. The Hall–Kier alpha value is -1.52. The molecule has 2 rings (SSSR count). The van der Waals surface area contributed by atoms with Gasteiger partial charge >= 0.3 is 12.1 Å². The van der Waals surface area contributed by atoms with Crippen molar-refractivity contribution in [2.45, 2.75) is 38.9 Å². The van der Waals surface area contributed by atoms with Gasteiger partial charge in [0.1, 0.15) is 0 Å². The fourth-order valence-corrected chi connectivity index (χ4v) is 2.87. The van der Waals surface area contributed by atoms with Crippen molar-refractivity contribution >= 4 is 5.91 Å². The van der Waals surface area contributed by atoms with Crippen molar-refractivity contribution in [1.29, 1.82) is 0 Å². The quantitative estimate of drug-likeness (QED) is 0.815. The summed E-state index contributed by atoms with van der Waals surface area (Å²) in [5.74, 6) is -1.72. The average molecular weight is 285 g/mol. The topological polar surface area (TPSA) is 20.3 Å². The minimum absolute atomic E-state index is 0.156. The van der Waals surface area contributed by atoms with Crippen LogP contribution in [0.2, 0.25) is 0 Å². The minimum atomic E-state index is -4.80. The van der Waals surface area contributed by atoms with E-state index in [1.807, 2.05) is 44.2 Å². The molecule has 1 heterocycles. The zero-order chi connectivity index (χ0) is 15.0. The summed E-state index contributed by atoms with van der Waals surface area (Å²) in [5, 5.41) is 0. The van der Waals surface area contributed by atoms with Crippen molar-refractivity contribution in [2.24, 2.45) is 5.41 Å². The Morgan fingerprint density at radius 2 is 1.90 bits per heavy atom. The van der Waals surface area contributed by atoms with E-state index in [4.69, 9.17) is 0 Å². The molecule has 0 radical (unpaired) electrons. The lowest BCUT2D eigenvalue weighted by molar-refractivity contribution is -0.186. The van der Waals surface area contributed by atoms with Gasteiger partial charge in [-0.3, -0.25) is 4.79 Å². The van der Waals surface area contributed by atoms with Gasteiger partial charge in [-0.25, -0.2) is 0 Å². The number of likely N-dealkylation sites (tertiary alicyclic amines) is 1. The van der Waals surface area contributed by atoms with Crippen LogP contribution in [-0.4, -0.2) is 29.6 Å². The van der Waals surface area contributed by atoms with E-state index < -0.39 is 12.1 Å². The minimum Gasteiger partial charge on any atom is -0.331 e. The monoisotopic (exact) mass is 285 g/mol. The van der Waals surface area contributed by atoms with Crippen LogP contribution < -0.4 is 0 Å². The van der Waals surface area contributed by atoms with E-state index in [1.165, 1.54) is 0 Å². The zero-order valence-electron chi connectivity index (χ0n) is 11.6. The molecule has 5 heteroatoms. The van der Waals surface area contributed by atoms with E-state index >= 15 is 0 Å². The van der Waals surface area contributed by atoms with E-state index in [1.54, 1.807) is 0 Å². The Labute approximate surface area is 116 Å². The van der Waals surface area contributed by atoms with Crippen LogP contribution in [0.4, 0.5) is 13.2 Å². The summed E-state index contributed by atoms with van der Waals surface area (Å²) in [6.45, 7) is 3.95. The number of benzene rings is 1. The number of alkyl halides is 3. The first-order valence-corrected chi connectivity index (χ1v) is 6.61. The van der Waals surface area contributed by atoms with Crippen LogP contribution >= 0.6 is 0 Å². The number of halogens is 3. The molecule has 0 N–H and O–H groups in total. The van der Waals surface area contributed by atoms with Gasteiger partial charge in [-0.2, -0.15) is 13.2 Å². The lowest BCUT2D eigenvalue weighted by Gasteiger charge is -2.25. The molecule has 2 nitrogen and oxygen atoms in total. The van der Waals surface area contributed by atoms with Crippen LogP contribution in [0.25, 0.3) is 0 Å². The summed E-state index contributed by atoms with van der Waals surface area (Å²) in [6, 6.07) is 8.93. The van der Waals surface area contributed by atoms with Gasteiger partial charge in [0.05, 0.1) is 0 Å². The maximum atomic E-state index is 12.7. The largest absolute Gasteiger partial charge is 0.471 e. The van der Waals surface area contributed by atoms with E-state index in [-0.39, 0.29) is 18.0 Å². The fraction of sp³-hybridized carbons (Fsp3) is 0.533. The highest BCUT2D eigenvalue weighted by Gasteiger charge is 2.49. The SMILES string of the molecule is CC1(C)CC(Cc2ccccc2)N(C(=O)C(F)(F)F)C1. The van der Waals surface area contributed by atoms with Crippen molar-refractivity contribution < 1.29 is 18.0 Å². The molecule has 1 atom stereocenters. The van der Waals surface area contributed by atoms with E-state index in [0.29, 0.717) is 12.8 Å². The van der Waals surface area contributed by atoms with Crippen LogP contribution in [0.3, 0.4) is 0 Å². The Balaban J connectivity index is 2.19. The summed E-state index contributed by atoms with van der Waals surface area (Å²) >= 11 is 0. The lowest BCUT2D eigenvalue weighted by Crippen LogP contribution is -2.45. The van der Waals surface area contributed by atoms with Gasteiger partial charge in [-0.1, -0.05) is 44.2 Å². The molecule has 1 saturated heterocycles. The van der Waals surface area contributed by atoms with Crippen molar-refractivity contribution in [3.05, 3.63) is 35.9 Å². The number of hydrogen-bond acceptors (Lipinski definition) is 1. The smallest absolute Gasteiger partial charge is 0.331 e. The standard InChI is InChI=1S/C15H18F3NO/c1-14(2)9-12(8-11-6-4-3-5-7-11)19(10-14)13(20)15(16,17)18/h3-7,12H,8-10H2,1-2H3. The molecule has 1 aliphatic heterocycles. The highest BCUT2D eigenvalue weighted by Crippen LogP contribution is 2.37. The van der Waals surface area contributed by atoms with Crippen molar-refractivity contribution in [2.75, 3.05) is 6.54 Å². The molecule has 0 saturated carbocycles. The molecule has 1 aromatic rings. The fourth-order valence-electron chi connectivity index (χ4n) is 2.87. The molecule has 1 unspecified atom stereocenters. The first kappa shape index (κ1) is 14.9. The summed E-state index contributed by atoms with van der Waals surface area (Å²) in [6.07, 6.45) is -3.74. The summed E-state index contributed by atoms with van der Waals surface area (Å²) < 4.78 is 38.0. The molecular weight excluding hydrogens is 267 g/mol. The predicted octanol–water partition coefficient (Wildman–Crippen LogP) is 3.42. The Morgan fingerprint density at radius 3 is 2.45 bits per heavy atom. The highest BCUT2D eigenvalue weighted by atomic mass is 19.4. The summed E-state index contributed by atoms with van der Waals surface area (Å²) in [7, 11) is 0. The van der Waals surface area contributed by atoms with Gasteiger partial charge in [0.15, 0.2) is 0 Å². The number of carbonyl (C=O) groups excluding carboxylic acids is 1. The molecule has 0 aliphatic carbocycles. The first-order valence-electron chi connectivity index (χ1n) is 6.61. The molecular formula is C15H18F3NO. The van der Waals surface area contributed by atoms with E-state index in [9.17, 15) is 18.0 Å². The van der Waals surface area contributed by atoms with Crippen molar-refractivity contribution in [3.8, 4) is 0 Å². The first-order chi connectivity index (χ1) is 9.19. The second-order valence-corrected chi connectivity index (χ2v) is 6.14. The molecule has 0 bridgehead atoms. The van der Waals surface area contributed by atoms with Gasteiger partial charge in [0, 0.05) is 12.6 Å². The molecule has 110 valence electrons. The van der Waals surface area contributed by atoms with Crippen molar-refractivity contribution in [3.63, 3.8) is 0 Å². The molecule has 1 aliphatic rings. The Bertz CT molecular complexity index is 482. The molecule has 1 amide bonds. The molecule has 0 spiro atoms. The third-order valence-electron chi connectivity index (χ3n) is 3.64. The Kier molecular flexibility index (Phi) is 3.80. The normalized spacial score (nSPS) is 22.1. The van der Waals surface area contributed by atoms with Crippen LogP contribution in [0.15, 0.2) is 30.3 Å². The maximum Gasteiger partial charge on any atom is 0.471 e. The lowest BCUT2D eigenvalue weighted by atomic mass is 9.89. The average Bonchev–Trinajstić information content (AvgIpc) is 2.63. The third-order valence-corrected chi connectivity index (χ3v) is 3.64. The second-order valence-electron chi connectivity index (χ2n) is 6.14. The van der Waals surface area contributed by atoms with E-state index in [2.05, 4.69) is 0 Å². The second kappa shape index (κ2) is 5.11. The van der Waals surface area contributed by atoms with Gasteiger partial charge < -0.3 is 4.90 Å². The van der Waals surface area contributed by atoms with Crippen LogP contribution in [0.1, 0.15) is 25.8 Å². The molecule has 1 fully saturated rings. The number of carbonyl (C=O) groups is 1. The van der Waals surface area contributed by atoms with Gasteiger partial charge in [-0.05, 0) is 23.8 Å². The molecule has 20 heavy (non-hydrogen) atoms. The number of amides is 1. The van der Waals surface area contributed by atoms with Gasteiger partial charge in [0.25, 0.3) is 0 Å². The molecule has 0 aromatic heterocycles. The number of hydrogen-bond donors (Lipinski definition) is 0. The number of nitrogens with zero attached hydrogens (tertiary/aromatic N) is 1. The summed E-state index contributed by atoms with van der Waals surface area (Å²) in [5.41, 5.74) is 0.676. The maximum absolute atomic E-state index is 12.7. The number of rotatable bonds is 2.